The van der Waals surface area contributed by atoms with Crippen LogP contribution in [0.4, 0.5) is 11.8 Å². The van der Waals surface area contributed by atoms with Crippen molar-refractivity contribution >= 4 is 21.8 Å². The standard InChI is InChI=1S/C15H25N5O3S/c1-18(2)14-12-4-6-20(24(3,21)22)7-5-13(12)16-15(17-14)19-8-10-23-11-9-19/h4-11H2,1-3H3. The van der Waals surface area contributed by atoms with Crippen molar-refractivity contribution in [3.05, 3.63) is 11.3 Å². The monoisotopic (exact) mass is 355 g/mol. The Hall–Kier alpha value is -1.45. The maximum Gasteiger partial charge on any atom is 0.227 e. The molecule has 0 aliphatic carbocycles. The molecule has 134 valence electrons. The fraction of sp³-hybridized carbons (Fsp3) is 0.733. The molecular formula is C15H25N5O3S. The van der Waals surface area contributed by atoms with E-state index in [0.717, 1.165) is 30.2 Å². The Bertz CT molecular complexity index is 701. The lowest BCUT2D eigenvalue weighted by Crippen LogP contribution is -2.38. The van der Waals surface area contributed by atoms with Gasteiger partial charge in [-0.15, -0.1) is 0 Å². The van der Waals surface area contributed by atoms with Gasteiger partial charge in [-0.3, -0.25) is 0 Å². The summed E-state index contributed by atoms with van der Waals surface area (Å²) in [6.45, 7) is 3.87. The van der Waals surface area contributed by atoms with Crippen molar-refractivity contribution in [2.75, 3.05) is 69.5 Å². The van der Waals surface area contributed by atoms with Crippen LogP contribution in [-0.2, 0) is 27.6 Å². The van der Waals surface area contributed by atoms with Gasteiger partial charge in [0, 0.05) is 52.3 Å². The molecular weight excluding hydrogens is 330 g/mol. The minimum absolute atomic E-state index is 0.471. The number of ether oxygens (including phenoxy) is 1. The number of hydrogen-bond acceptors (Lipinski definition) is 7. The van der Waals surface area contributed by atoms with Crippen LogP contribution >= 0.6 is 0 Å². The summed E-state index contributed by atoms with van der Waals surface area (Å²) in [4.78, 5) is 13.6. The molecule has 0 saturated carbocycles. The predicted octanol–water partition coefficient (Wildman–Crippen LogP) is -0.261. The third-order valence-electron chi connectivity index (χ3n) is 4.45. The highest BCUT2D eigenvalue weighted by atomic mass is 32.2. The first kappa shape index (κ1) is 17.4. The number of nitrogens with zero attached hydrogens (tertiary/aromatic N) is 5. The van der Waals surface area contributed by atoms with E-state index in [-0.39, 0.29) is 0 Å². The number of fused-ring (bicyclic) bond motifs is 1. The molecule has 3 heterocycles. The van der Waals surface area contributed by atoms with Crippen LogP contribution in [0.25, 0.3) is 0 Å². The van der Waals surface area contributed by atoms with E-state index in [1.54, 1.807) is 0 Å². The van der Waals surface area contributed by atoms with Crippen LogP contribution in [0, 0.1) is 0 Å². The Morgan fingerprint density at radius 1 is 1.04 bits per heavy atom. The lowest BCUT2D eigenvalue weighted by molar-refractivity contribution is 0.122. The average Bonchev–Trinajstić information content (AvgIpc) is 2.76. The van der Waals surface area contributed by atoms with Gasteiger partial charge in [0.2, 0.25) is 16.0 Å². The summed E-state index contributed by atoms with van der Waals surface area (Å²) < 4.78 is 30.7. The fourth-order valence-electron chi connectivity index (χ4n) is 3.15. The number of hydrogen-bond donors (Lipinski definition) is 0. The summed E-state index contributed by atoms with van der Waals surface area (Å²) in [6.07, 6.45) is 2.52. The van der Waals surface area contributed by atoms with E-state index < -0.39 is 10.0 Å². The highest BCUT2D eigenvalue weighted by molar-refractivity contribution is 7.88. The second-order valence-electron chi connectivity index (χ2n) is 6.43. The molecule has 0 bridgehead atoms. The Morgan fingerprint density at radius 2 is 1.71 bits per heavy atom. The van der Waals surface area contributed by atoms with Crippen molar-refractivity contribution in [2.45, 2.75) is 12.8 Å². The molecule has 3 rings (SSSR count). The van der Waals surface area contributed by atoms with Crippen LogP contribution in [0.3, 0.4) is 0 Å². The molecule has 1 saturated heterocycles. The summed E-state index contributed by atoms with van der Waals surface area (Å²) in [5, 5.41) is 0. The summed E-state index contributed by atoms with van der Waals surface area (Å²) in [6, 6.07) is 0. The molecule has 0 atom stereocenters. The van der Waals surface area contributed by atoms with Crippen molar-refractivity contribution in [3.8, 4) is 0 Å². The van der Waals surface area contributed by atoms with Crippen LogP contribution in [0.15, 0.2) is 0 Å². The van der Waals surface area contributed by atoms with Crippen LogP contribution in [0.5, 0.6) is 0 Å². The van der Waals surface area contributed by atoms with Gasteiger partial charge in [-0.25, -0.2) is 17.7 Å². The molecule has 2 aliphatic rings. The molecule has 2 aliphatic heterocycles. The maximum atomic E-state index is 11.9. The van der Waals surface area contributed by atoms with Gasteiger partial charge in [-0.1, -0.05) is 0 Å². The second kappa shape index (κ2) is 6.81. The first-order chi connectivity index (χ1) is 11.4. The van der Waals surface area contributed by atoms with Crippen LogP contribution < -0.4 is 9.80 Å². The van der Waals surface area contributed by atoms with Gasteiger partial charge in [0.1, 0.15) is 5.82 Å². The Balaban J connectivity index is 1.96. The van der Waals surface area contributed by atoms with E-state index in [4.69, 9.17) is 14.7 Å². The van der Waals surface area contributed by atoms with Gasteiger partial charge in [0.15, 0.2) is 0 Å². The minimum Gasteiger partial charge on any atom is -0.378 e. The molecule has 1 aromatic rings. The van der Waals surface area contributed by atoms with Crippen molar-refractivity contribution in [2.24, 2.45) is 0 Å². The molecule has 0 amide bonds. The first-order valence-electron chi connectivity index (χ1n) is 8.21. The van der Waals surface area contributed by atoms with E-state index in [0.29, 0.717) is 45.1 Å². The first-order valence-corrected chi connectivity index (χ1v) is 10.1. The lowest BCUT2D eigenvalue weighted by Gasteiger charge is -2.28. The molecule has 1 aromatic heterocycles. The smallest absolute Gasteiger partial charge is 0.227 e. The zero-order valence-corrected chi connectivity index (χ0v) is 15.3. The van der Waals surface area contributed by atoms with E-state index in [1.165, 1.54) is 10.6 Å². The number of aromatic nitrogens is 2. The van der Waals surface area contributed by atoms with Gasteiger partial charge in [-0.2, -0.15) is 4.98 Å². The van der Waals surface area contributed by atoms with E-state index in [9.17, 15) is 8.42 Å². The molecule has 0 aromatic carbocycles. The summed E-state index contributed by atoms with van der Waals surface area (Å²) in [5.41, 5.74) is 2.02. The molecule has 24 heavy (non-hydrogen) atoms. The van der Waals surface area contributed by atoms with Crippen molar-refractivity contribution < 1.29 is 13.2 Å². The number of anilines is 2. The van der Waals surface area contributed by atoms with Gasteiger partial charge in [-0.05, 0) is 6.42 Å². The highest BCUT2D eigenvalue weighted by Crippen LogP contribution is 2.27. The van der Waals surface area contributed by atoms with Crippen LogP contribution in [0.2, 0.25) is 0 Å². The summed E-state index contributed by atoms with van der Waals surface area (Å²) in [5.74, 6) is 1.60. The normalized spacial score (nSPS) is 19.7. The third kappa shape index (κ3) is 3.62. The van der Waals surface area contributed by atoms with Crippen molar-refractivity contribution in [1.82, 2.24) is 14.3 Å². The zero-order valence-electron chi connectivity index (χ0n) is 14.5. The SMILES string of the molecule is CN(C)c1nc(N2CCOCC2)nc2c1CCN(S(C)(=O)=O)CC2. The van der Waals surface area contributed by atoms with Crippen LogP contribution in [-0.4, -0.2) is 82.4 Å². The Labute approximate surface area is 143 Å². The Morgan fingerprint density at radius 3 is 2.33 bits per heavy atom. The molecule has 0 N–H and O–H groups in total. The number of rotatable bonds is 3. The van der Waals surface area contributed by atoms with Gasteiger partial charge < -0.3 is 14.5 Å². The summed E-state index contributed by atoms with van der Waals surface area (Å²) in [7, 11) is 0.740. The molecule has 1 fully saturated rings. The topological polar surface area (TPSA) is 78.9 Å². The van der Waals surface area contributed by atoms with Crippen molar-refractivity contribution in [1.29, 1.82) is 0 Å². The van der Waals surface area contributed by atoms with Crippen LogP contribution in [0.1, 0.15) is 11.3 Å². The maximum absolute atomic E-state index is 11.9. The number of sulfonamides is 1. The van der Waals surface area contributed by atoms with Gasteiger partial charge in [0.25, 0.3) is 0 Å². The lowest BCUT2D eigenvalue weighted by atomic mass is 10.1. The average molecular weight is 355 g/mol. The fourth-order valence-corrected chi connectivity index (χ4v) is 4.00. The second-order valence-corrected chi connectivity index (χ2v) is 8.41. The predicted molar refractivity (Wildman–Crippen MR) is 93.2 cm³/mol. The highest BCUT2D eigenvalue weighted by Gasteiger charge is 2.26. The van der Waals surface area contributed by atoms with E-state index in [2.05, 4.69) is 4.90 Å². The molecule has 0 radical (unpaired) electrons. The van der Waals surface area contributed by atoms with Gasteiger partial charge >= 0.3 is 0 Å². The third-order valence-corrected chi connectivity index (χ3v) is 5.76. The molecule has 0 unspecified atom stereocenters. The minimum atomic E-state index is -3.19. The molecule has 9 heteroatoms. The van der Waals surface area contributed by atoms with Crippen molar-refractivity contribution in [3.63, 3.8) is 0 Å². The molecule has 0 spiro atoms. The van der Waals surface area contributed by atoms with E-state index >= 15 is 0 Å². The van der Waals surface area contributed by atoms with E-state index in [1.807, 2.05) is 19.0 Å². The summed E-state index contributed by atoms with van der Waals surface area (Å²) >= 11 is 0. The Kier molecular flexibility index (Phi) is 4.93. The number of morpholine rings is 1. The quantitative estimate of drug-likeness (QED) is 0.739. The molecule has 8 nitrogen and oxygen atoms in total. The zero-order chi connectivity index (χ0) is 17.3. The van der Waals surface area contributed by atoms with Gasteiger partial charge in [0.05, 0.1) is 25.2 Å². The largest absolute Gasteiger partial charge is 0.378 e.